The molecule has 5 rings (SSSR count). The van der Waals surface area contributed by atoms with Crippen molar-refractivity contribution in [3.63, 3.8) is 0 Å². The van der Waals surface area contributed by atoms with Crippen molar-refractivity contribution >= 4 is 23.5 Å². The van der Waals surface area contributed by atoms with Crippen molar-refractivity contribution in [2.45, 2.75) is 32.4 Å². The molecule has 0 radical (unpaired) electrons. The lowest BCUT2D eigenvalue weighted by atomic mass is 10.1. The number of nitrogens with zero attached hydrogens (tertiary/aromatic N) is 3. The van der Waals surface area contributed by atoms with Gasteiger partial charge in [0.15, 0.2) is 0 Å². The van der Waals surface area contributed by atoms with Gasteiger partial charge in [0.05, 0.1) is 36.5 Å². The second-order valence-electron chi connectivity index (χ2n) is 8.64. The van der Waals surface area contributed by atoms with Crippen LogP contribution in [0.25, 0.3) is 0 Å². The summed E-state index contributed by atoms with van der Waals surface area (Å²) in [5, 5.41) is 6.89. The number of aryl methyl sites for hydroxylation is 1. The number of nitrogens with one attached hydrogen (secondary N) is 1. The first-order valence-electron chi connectivity index (χ1n) is 11.2. The summed E-state index contributed by atoms with van der Waals surface area (Å²) in [6.45, 7) is 2.42. The summed E-state index contributed by atoms with van der Waals surface area (Å²) in [4.78, 5) is 39.8. The summed E-state index contributed by atoms with van der Waals surface area (Å²) >= 11 is 0. The summed E-state index contributed by atoms with van der Waals surface area (Å²) in [6.07, 6.45) is 3.00. The van der Waals surface area contributed by atoms with E-state index in [1.807, 2.05) is 0 Å². The summed E-state index contributed by atoms with van der Waals surface area (Å²) in [7, 11) is 0. The molecule has 0 aliphatic carbocycles. The molecule has 2 aliphatic heterocycles. The van der Waals surface area contributed by atoms with Gasteiger partial charge in [-0.05, 0) is 56.2 Å². The van der Waals surface area contributed by atoms with Gasteiger partial charge >= 0.3 is 0 Å². The number of hydrogen-bond donors (Lipinski definition) is 1. The van der Waals surface area contributed by atoms with Crippen molar-refractivity contribution in [1.82, 2.24) is 14.7 Å². The number of aromatic nitrogens is 2. The highest BCUT2D eigenvalue weighted by molar-refractivity contribution is 6.22. The number of amides is 3. The van der Waals surface area contributed by atoms with Gasteiger partial charge in [0, 0.05) is 23.3 Å². The molecule has 0 bridgehead atoms. The molecule has 8 nitrogen and oxygen atoms in total. The van der Waals surface area contributed by atoms with E-state index in [0.717, 1.165) is 35.9 Å². The van der Waals surface area contributed by atoms with Crippen molar-refractivity contribution in [2.75, 3.05) is 18.5 Å². The molecule has 2 aromatic carbocycles. The van der Waals surface area contributed by atoms with Gasteiger partial charge in [0.25, 0.3) is 17.7 Å². The van der Waals surface area contributed by atoms with Crippen LogP contribution in [-0.2, 0) is 11.3 Å². The first kappa shape index (κ1) is 22.9. The molecule has 0 saturated carbocycles. The van der Waals surface area contributed by atoms with Crippen LogP contribution in [0.5, 0.6) is 0 Å². The molecule has 1 atom stereocenters. The molecule has 3 amide bonds. The van der Waals surface area contributed by atoms with Crippen LogP contribution in [0, 0.1) is 18.6 Å². The number of halogens is 2. The van der Waals surface area contributed by atoms with Crippen LogP contribution in [0.1, 0.15) is 55.0 Å². The maximum atomic E-state index is 14.1. The fourth-order valence-corrected chi connectivity index (χ4v) is 4.36. The Morgan fingerprint density at radius 1 is 1.14 bits per heavy atom. The van der Waals surface area contributed by atoms with E-state index in [1.165, 1.54) is 29.1 Å². The lowest BCUT2D eigenvalue weighted by Gasteiger charge is -2.17. The van der Waals surface area contributed by atoms with Gasteiger partial charge in [-0.3, -0.25) is 19.3 Å². The van der Waals surface area contributed by atoms with Crippen molar-refractivity contribution < 1.29 is 27.9 Å². The smallest absolute Gasteiger partial charge is 0.261 e. The number of anilines is 1. The lowest BCUT2D eigenvalue weighted by Crippen LogP contribution is -2.36. The average molecular weight is 480 g/mol. The van der Waals surface area contributed by atoms with E-state index in [-0.39, 0.29) is 41.4 Å². The van der Waals surface area contributed by atoms with Crippen molar-refractivity contribution in [3.05, 3.63) is 82.0 Å². The zero-order valence-electron chi connectivity index (χ0n) is 18.9. The van der Waals surface area contributed by atoms with Gasteiger partial charge in [-0.15, -0.1) is 0 Å². The lowest BCUT2D eigenvalue weighted by molar-refractivity contribution is 0.0475. The molecule has 1 fully saturated rings. The molecule has 1 saturated heterocycles. The maximum absolute atomic E-state index is 14.1. The highest BCUT2D eigenvalue weighted by Gasteiger charge is 2.38. The number of hydrogen-bond acceptors (Lipinski definition) is 5. The molecule has 0 spiro atoms. The molecule has 3 heterocycles. The number of carbonyl (C=O) groups excluding carboxylic acids is 3. The zero-order chi connectivity index (χ0) is 24.7. The quantitative estimate of drug-likeness (QED) is 0.545. The standard InChI is InChI=1S/C25H22F2N4O4/c1-14-11-28-31(12-16-9-17(26)5-7-21(16)27)22(14)29-23(32)15-4-6-19-20(10-15)25(34)30(24(19)33)13-18-3-2-8-35-18/h4-7,9-11,18H,2-3,8,12-13H2,1H3,(H,29,32). The van der Waals surface area contributed by atoms with Crippen LogP contribution in [0.2, 0.25) is 0 Å². The van der Waals surface area contributed by atoms with Crippen LogP contribution in [0.4, 0.5) is 14.6 Å². The molecule has 10 heteroatoms. The first-order chi connectivity index (χ1) is 16.8. The van der Waals surface area contributed by atoms with Gasteiger partial charge in [-0.2, -0.15) is 5.10 Å². The van der Waals surface area contributed by atoms with Gasteiger partial charge in [-0.25, -0.2) is 13.5 Å². The third-order valence-corrected chi connectivity index (χ3v) is 6.23. The number of rotatable bonds is 6. The topological polar surface area (TPSA) is 93.5 Å². The summed E-state index contributed by atoms with van der Waals surface area (Å²) < 4.78 is 34.6. The third kappa shape index (κ3) is 4.32. The van der Waals surface area contributed by atoms with E-state index in [9.17, 15) is 23.2 Å². The molecular formula is C25H22F2N4O4. The second kappa shape index (κ2) is 9.03. The molecule has 3 aromatic rings. The fourth-order valence-electron chi connectivity index (χ4n) is 4.36. The molecule has 2 aliphatic rings. The van der Waals surface area contributed by atoms with E-state index < -0.39 is 29.4 Å². The summed E-state index contributed by atoms with van der Waals surface area (Å²) in [5.74, 6) is -2.26. The Morgan fingerprint density at radius 3 is 2.71 bits per heavy atom. The van der Waals surface area contributed by atoms with E-state index in [4.69, 9.17) is 4.74 Å². The van der Waals surface area contributed by atoms with Crippen LogP contribution >= 0.6 is 0 Å². The molecule has 1 aromatic heterocycles. The Balaban J connectivity index is 1.35. The van der Waals surface area contributed by atoms with Crippen LogP contribution in [0.15, 0.2) is 42.6 Å². The number of carbonyl (C=O) groups is 3. The predicted octanol–water partition coefficient (Wildman–Crippen LogP) is 3.55. The van der Waals surface area contributed by atoms with E-state index in [0.29, 0.717) is 18.0 Å². The minimum atomic E-state index is -0.591. The van der Waals surface area contributed by atoms with E-state index in [1.54, 1.807) is 6.92 Å². The van der Waals surface area contributed by atoms with E-state index >= 15 is 0 Å². The molecule has 35 heavy (non-hydrogen) atoms. The van der Waals surface area contributed by atoms with Gasteiger partial charge in [0.2, 0.25) is 0 Å². The Labute approximate surface area is 199 Å². The Morgan fingerprint density at radius 2 is 1.94 bits per heavy atom. The average Bonchev–Trinajstić information content (AvgIpc) is 3.54. The van der Waals surface area contributed by atoms with Gasteiger partial charge in [0.1, 0.15) is 17.5 Å². The normalized spacial score (nSPS) is 17.2. The minimum absolute atomic E-state index is 0.0802. The largest absolute Gasteiger partial charge is 0.376 e. The molecule has 1 unspecified atom stereocenters. The fraction of sp³-hybridized carbons (Fsp3) is 0.280. The number of benzene rings is 2. The molecular weight excluding hydrogens is 458 g/mol. The molecule has 180 valence electrons. The second-order valence-corrected chi connectivity index (χ2v) is 8.64. The monoisotopic (exact) mass is 480 g/mol. The maximum Gasteiger partial charge on any atom is 0.261 e. The zero-order valence-corrected chi connectivity index (χ0v) is 18.9. The predicted molar refractivity (Wildman–Crippen MR) is 121 cm³/mol. The Hall–Kier alpha value is -3.92. The number of ether oxygens (including phenoxy) is 1. The summed E-state index contributed by atoms with van der Waals surface area (Å²) in [6, 6.07) is 7.46. The van der Waals surface area contributed by atoms with E-state index in [2.05, 4.69) is 10.4 Å². The summed E-state index contributed by atoms with van der Waals surface area (Å²) in [5.41, 5.74) is 1.27. The van der Waals surface area contributed by atoms with Crippen LogP contribution in [-0.4, -0.2) is 51.7 Å². The van der Waals surface area contributed by atoms with Crippen molar-refractivity contribution in [3.8, 4) is 0 Å². The van der Waals surface area contributed by atoms with Crippen molar-refractivity contribution in [1.29, 1.82) is 0 Å². The highest BCUT2D eigenvalue weighted by Crippen LogP contribution is 2.27. The Kier molecular flexibility index (Phi) is 5.89. The first-order valence-corrected chi connectivity index (χ1v) is 11.2. The number of imide groups is 1. The molecule has 1 N–H and O–H groups in total. The van der Waals surface area contributed by atoms with Crippen LogP contribution in [0.3, 0.4) is 0 Å². The van der Waals surface area contributed by atoms with Gasteiger partial charge < -0.3 is 10.1 Å². The SMILES string of the molecule is Cc1cnn(Cc2cc(F)ccc2F)c1NC(=O)c1ccc2c(c1)C(=O)N(CC1CCCO1)C2=O. The van der Waals surface area contributed by atoms with Crippen LogP contribution < -0.4 is 5.32 Å². The minimum Gasteiger partial charge on any atom is -0.376 e. The number of fused-ring (bicyclic) bond motifs is 1. The van der Waals surface area contributed by atoms with Crippen molar-refractivity contribution in [2.24, 2.45) is 0 Å². The Bertz CT molecular complexity index is 1350. The highest BCUT2D eigenvalue weighted by atomic mass is 19.1. The van der Waals surface area contributed by atoms with Gasteiger partial charge in [-0.1, -0.05) is 0 Å². The third-order valence-electron chi connectivity index (χ3n) is 6.23.